The fraction of sp³-hybridized carbons (Fsp3) is 0.538. The number of carbonyl (C=O) groups is 1. The molecule has 1 amide bonds. The van der Waals surface area contributed by atoms with Crippen LogP contribution in [0.5, 0.6) is 0 Å². The van der Waals surface area contributed by atoms with Gasteiger partial charge in [-0.15, -0.1) is 10.2 Å². The molecule has 2 aromatic heterocycles. The summed E-state index contributed by atoms with van der Waals surface area (Å²) >= 11 is 2.85. The molecule has 0 aliphatic heterocycles. The van der Waals surface area contributed by atoms with E-state index in [0.29, 0.717) is 5.82 Å². The summed E-state index contributed by atoms with van der Waals surface area (Å²) in [6.45, 7) is 8.69. The third kappa shape index (κ3) is 4.20. The largest absolute Gasteiger partial charge is 0.360 e. The minimum atomic E-state index is -0.266. The van der Waals surface area contributed by atoms with Crippen molar-refractivity contribution in [2.75, 3.05) is 17.2 Å². The van der Waals surface area contributed by atoms with Gasteiger partial charge in [-0.2, -0.15) is 5.10 Å². The van der Waals surface area contributed by atoms with Gasteiger partial charge in [-0.3, -0.25) is 4.79 Å². The number of nitrogens with zero attached hydrogens (tertiary/aromatic N) is 4. The molecule has 0 aliphatic carbocycles. The van der Waals surface area contributed by atoms with Crippen molar-refractivity contribution in [3.05, 3.63) is 12.3 Å². The molecule has 7 nitrogen and oxygen atoms in total. The number of nitrogens with one attached hydrogen (secondary N) is 2. The topological polar surface area (TPSA) is 84.7 Å². The van der Waals surface area contributed by atoms with Crippen molar-refractivity contribution in [3.63, 3.8) is 0 Å². The second-order valence-electron chi connectivity index (χ2n) is 4.91. The zero-order chi connectivity index (χ0) is 16.1. The summed E-state index contributed by atoms with van der Waals surface area (Å²) in [6.07, 6.45) is 1.68. The van der Waals surface area contributed by atoms with Gasteiger partial charge >= 0.3 is 0 Å². The second-order valence-corrected chi connectivity index (χ2v) is 7.47. The van der Waals surface area contributed by atoms with Gasteiger partial charge in [-0.1, -0.05) is 23.1 Å². The quantitative estimate of drug-likeness (QED) is 0.754. The van der Waals surface area contributed by atoms with E-state index in [-0.39, 0.29) is 17.2 Å². The fourth-order valence-corrected chi connectivity index (χ4v) is 3.70. The second kappa shape index (κ2) is 7.59. The number of rotatable bonds is 7. The van der Waals surface area contributed by atoms with Crippen LogP contribution in [0, 0.1) is 0 Å². The maximum Gasteiger partial charge on any atom is 0.238 e. The van der Waals surface area contributed by atoms with Crippen molar-refractivity contribution < 1.29 is 4.79 Å². The lowest BCUT2D eigenvalue weighted by Crippen LogP contribution is -2.24. The van der Waals surface area contributed by atoms with Gasteiger partial charge in [0.25, 0.3) is 0 Å². The number of carbonyl (C=O) groups excluding carboxylic acids is 1. The van der Waals surface area contributed by atoms with Crippen LogP contribution in [0.2, 0.25) is 0 Å². The smallest absolute Gasteiger partial charge is 0.238 e. The van der Waals surface area contributed by atoms with E-state index in [9.17, 15) is 4.79 Å². The van der Waals surface area contributed by atoms with E-state index < -0.39 is 0 Å². The Morgan fingerprint density at radius 3 is 2.86 bits per heavy atom. The van der Waals surface area contributed by atoms with Crippen LogP contribution in [0.3, 0.4) is 0 Å². The lowest BCUT2D eigenvalue weighted by Gasteiger charge is -2.14. The standard InChI is InChI=1S/C13H20N6OS2/c1-5-14-12-17-18-13(22-12)21-9(4)11(20)16-10-6-7-15-19(10)8(2)3/h6-9H,5H2,1-4H3,(H,14,17)(H,16,20). The van der Waals surface area contributed by atoms with Gasteiger partial charge in [0.15, 0.2) is 4.34 Å². The van der Waals surface area contributed by atoms with Crippen LogP contribution in [0.1, 0.15) is 33.7 Å². The highest BCUT2D eigenvalue weighted by atomic mass is 32.2. The molecule has 22 heavy (non-hydrogen) atoms. The number of thioether (sulfide) groups is 1. The number of aromatic nitrogens is 4. The minimum Gasteiger partial charge on any atom is -0.360 e. The molecule has 0 aliphatic rings. The summed E-state index contributed by atoms with van der Waals surface area (Å²) in [6, 6.07) is 1.99. The summed E-state index contributed by atoms with van der Waals surface area (Å²) in [7, 11) is 0. The molecule has 9 heteroatoms. The molecule has 0 fully saturated rings. The van der Waals surface area contributed by atoms with E-state index in [1.165, 1.54) is 23.1 Å². The van der Waals surface area contributed by atoms with Gasteiger partial charge in [0.1, 0.15) is 5.82 Å². The third-order valence-corrected chi connectivity index (χ3v) is 4.86. The first-order valence-corrected chi connectivity index (χ1v) is 8.79. The Labute approximate surface area is 137 Å². The van der Waals surface area contributed by atoms with Gasteiger partial charge in [-0.25, -0.2) is 4.68 Å². The van der Waals surface area contributed by atoms with Crippen molar-refractivity contribution >= 4 is 40.0 Å². The Kier molecular flexibility index (Phi) is 5.78. The molecule has 0 spiro atoms. The van der Waals surface area contributed by atoms with Gasteiger partial charge < -0.3 is 10.6 Å². The monoisotopic (exact) mass is 340 g/mol. The summed E-state index contributed by atoms with van der Waals surface area (Å²) in [5.74, 6) is 0.630. The van der Waals surface area contributed by atoms with Crippen LogP contribution in [0.4, 0.5) is 10.9 Å². The summed E-state index contributed by atoms with van der Waals surface area (Å²) in [5, 5.41) is 18.8. The van der Waals surface area contributed by atoms with Gasteiger partial charge in [-0.05, 0) is 27.7 Å². The molecular formula is C13H20N6OS2. The molecule has 1 unspecified atom stereocenters. The van der Waals surface area contributed by atoms with Crippen LogP contribution >= 0.6 is 23.1 Å². The van der Waals surface area contributed by atoms with Crippen molar-refractivity contribution in [1.29, 1.82) is 0 Å². The Hall–Kier alpha value is -1.61. The van der Waals surface area contributed by atoms with E-state index in [4.69, 9.17) is 0 Å². The minimum absolute atomic E-state index is 0.0763. The molecule has 0 radical (unpaired) electrons. The molecule has 120 valence electrons. The predicted molar refractivity (Wildman–Crippen MR) is 90.6 cm³/mol. The third-order valence-electron chi connectivity index (χ3n) is 2.79. The van der Waals surface area contributed by atoms with Crippen LogP contribution in [-0.4, -0.2) is 37.7 Å². The summed E-state index contributed by atoms with van der Waals surface area (Å²) in [4.78, 5) is 12.3. The normalized spacial score (nSPS) is 12.4. The maximum absolute atomic E-state index is 12.3. The lowest BCUT2D eigenvalue weighted by atomic mass is 10.4. The van der Waals surface area contributed by atoms with Crippen molar-refractivity contribution in [2.24, 2.45) is 0 Å². The molecule has 2 rings (SSSR count). The highest BCUT2D eigenvalue weighted by Crippen LogP contribution is 2.29. The van der Waals surface area contributed by atoms with Crippen LogP contribution < -0.4 is 10.6 Å². The first-order chi connectivity index (χ1) is 10.5. The molecule has 2 N–H and O–H groups in total. The van der Waals surface area contributed by atoms with E-state index in [2.05, 4.69) is 25.9 Å². The zero-order valence-electron chi connectivity index (χ0n) is 13.0. The van der Waals surface area contributed by atoms with Crippen LogP contribution in [0.25, 0.3) is 0 Å². The Bertz CT molecular complexity index is 624. The van der Waals surface area contributed by atoms with E-state index >= 15 is 0 Å². The number of hydrogen-bond donors (Lipinski definition) is 2. The first kappa shape index (κ1) is 16.8. The summed E-state index contributed by atoms with van der Waals surface area (Å²) < 4.78 is 2.56. The molecule has 0 aromatic carbocycles. The van der Waals surface area contributed by atoms with Gasteiger partial charge in [0.05, 0.1) is 11.4 Å². The zero-order valence-corrected chi connectivity index (χ0v) is 14.7. The molecule has 0 saturated carbocycles. The number of anilines is 2. The first-order valence-electron chi connectivity index (χ1n) is 7.09. The highest BCUT2D eigenvalue weighted by Gasteiger charge is 2.19. The number of amides is 1. The molecule has 2 aromatic rings. The van der Waals surface area contributed by atoms with Crippen LogP contribution in [-0.2, 0) is 4.79 Å². The molecular weight excluding hydrogens is 320 g/mol. The SMILES string of the molecule is CCNc1nnc(SC(C)C(=O)Nc2ccnn2C(C)C)s1. The Morgan fingerprint density at radius 2 is 2.18 bits per heavy atom. The predicted octanol–water partition coefficient (Wildman–Crippen LogP) is 2.87. The Balaban J connectivity index is 1.95. The summed E-state index contributed by atoms with van der Waals surface area (Å²) in [5.41, 5.74) is 0. The molecule has 1 atom stereocenters. The van der Waals surface area contributed by atoms with E-state index in [0.717, 1.165) is 16.0 Å². The van der Waals surface area contributed by atoms with E-state index in [1.54, 1.807) is 16.9 Å². The van der Waals surface area contributed by atoms with Crippen LogP contribution in [0.15, 0.2) is 16.6 Å². The Morgan fingerprint density at radius 1 is 1.41 bits per heavy atom. The maximum atomic E-state index is 12.3. The average Bonchev–Trinajstić information content (AvgIpc) is 3.08. The fourth-order valence-electron chi connectivity index (χ4n) is 1.74. The lowest BCUT2D eigenvalue weighted by molar-refractivity contribution is -0.115. The molecule has 0 bridgehead atoms. The average molecular weight is 340 g/mol. The molecule has 0 saturated heterocycles. The van der Waals surface area contributed by atoms with Crippen molar-refractivity contribution in [1.82, 2.24) is 20.0 Å². The highest BCUT2D eigenvalue weighted by molar-refractivity contribution is 8.02. The van der Waals surface area contributed by atoms with Gasteiger partial charge in [0.2, 0.25) is 11.0 Å². The van der Waals surface area contributed by atoms with Gasteiger partial charge in [0, 0.05) is 18.7 Å². The van der Waals surface area contributed by atoms with Crippen molar-refractivity contribution in [2.45, 2.75) is 43.3 Å². The number of hydrogen-bond acceptors (Lipinski definition) is 7. The molecule has 2 heterocycles. The van der Waals surface area contributed by atoms with Crippen molar-refractivity contribution in [3.8, 4) is 0 Å². The van der Waals surface area contributed by atoms with E-state index in [1.807, 2.05) is 27.7 Å².